The number of aryl methyl sites for hydroxylation is 4. The summed E-state index contributed by atoms with van der Waals surface area (Å²) in [5.74, 6) is 0.607. The summed E-state index contributed by atoms with van der Waals surface area (Å²) in [6.07, 6.45) is 3.48. The molecule has 4 nitrogen and oxygen atoms in total. The van der Waals surface area contributed by atoms with Gasteiger partial charge in [-0.15, -0.1) is 0 Å². The van der Waals surface area contributed by atoms with E-state index in [-0.39, 0.29) is 13.1 Å². The van der Waals surface area contributed by atoms with Crippen LogP contribution in [0, 0.1) is 27.7 Å². The first-order valence-corrected chi connectivity index (χ1v) is 12.2. The van der Waals surface area contributed by atoms with Gasteiger partial charge in [-0.25, -0.2) is 4.98 Å². The first kappa shape index (κ1) is 22.7. The van der Waals surface area contributed by atoms with E-state index in [0.717, 1.165) is 38.6 Å². The summed E-state index contributed by atoms with van der Waals surface area (Å²) in [5, 5.41) is 0.769. The van der Waals surface area contributed by atoms with Gasteiger partial charge in [0.05, 0.1) is 23.8 Å². The third kappa shape index (κ3) is 6.50. The van der Waals surface area contributed by atoms with E-state index < -0.39 is 0 Å². The van der Waals surface area contributed by atoms with Gasteiger partial charge < -0.3 is 0 Å². The number of hydrogen-bond acceptors (Lipinski definition) is 5. The average Bonchev–Trinajstić information content (AvgIpc) is 3.09. The van der Waals surface area contributed by atoms with Gasteiger partial charge in [-0.3, -0.25) is 9.98 Å². The molecule has 3 aromatic rings. The van der Waals surface area contributed by atoms with E-state index in [1.165, 1.54) is 11.5 Å². The average molecular weight is 475 g/mol. The molecule has 8 heteroatoms. The monoisotopic (exact) mass is 474 g/mol. The zero-order chi connectivity index (χ0) is 20.5. The van der Waals surface area contributed by atoms with Crippen LogP contribution in [-0.4, -0.2) is 21.8 Å². The number of aliphatic imine (C=N–C) groups is 2. The quantitative estimate of drug-likeness (QED) is 0.314. The van der Waals surface area contributed by atoms with Crippen LogP contribution >= 0.6 is 31.7 Å². The van der Waals surface area contributed by atoms with Crippen molar-refractivity contribution in [1.29, 1.82) is 0 Å². The summed E-state index contributed by atoms with van der Waals surface area (Å²) in [7, 11) is 9.53. The molecule has 0 unspecified atom stereocenters. The van der Waals surface area contributed by atoms with Crippen molar-refractivity contribution < 1.29 is 13.1 Å². The van der Waals surface area contributed by atoms with Gasteiger partial charge in [0.25, 0.3) is 0 Å². The minimum absolute atomic E-state index is 0.194. The van der Waals surface area contributed by atoms with Crippen LogP contribution in [0.4, 0.5) is 11.4 Å². The Morgan fingerprint density at radius 1 is 0.821 bits per heavy atom. The normalized spacial score (nSPS) is 11.2. The van der Waals surface area contributed by atoms with Gasteiger partial charge in [-0.05, 0) is 61.5 Å². The van der Waals surface area contributed by atoms with Gasteiger partial charge >= 0.3 is 33.3 Å². The number of benzene rings is 2. The Kier molecular flexibility index (Phi) is 9.29. The van der Waals surface area contributed by atoms with Crippen LogP contribution in [0.5, 0.6) is 0 Å². The van der Waals surface area contributed by atoms with Crippen LogP contribution in [0.25, 0.3) is 0 Å². The van der Waals surface area contributed by atoms with Gasteiger partial charge in [0.1, 0.15) is 0 Å². The molecular weight excluding hydrogens is 455 g/mol. The molecule has 0 radical (unpaired) electrons. The maximum atomic E-state index is 4.76. The van der Waals surface area contributed by atoms with Crippen molar-refractivity contribution in [3.05, 3.63) is 69.5 Å². The molecule has 2 aromatic carbocycles. The molecule has 0 fully saturated rings. The van der Waals surface area contributed by atoms with Crippen LogP contribution in [0.3, 0.4) is 0 Å². The fourth-order valence-electron chi connectivity index (χ4n) is 2.61. The van der Waals surface area contributed by atoms with Gasteiger partial charge in [-0.1, -0.05) is 36.4 Å². The van der Waals surface area contributed by atoms with E-state index in [9.17, 15) is 0 Å². The molecule has 28 heavy (non-hydrogen) atoms. The summed E-state index contributed by atoms with van der Waals surface area (Å²) in [6.45, 7) is 8.22. The third-order valence-electron chi connectivity index (χ3n) is 3.95. The molecule has 0 amide bonds. The van der Waals surface area contributed by atoms with Crippen molar-refractivity contribution in [3.63, 3.8) is 0 Å². The van der Waals surface area contributed by atoms with Crippen molar-refractivity contribution in [1.82, 2.24) is 9.36 Å². The first-order valence-electron chi connectivity index (χ1n) is 8.35. The van der Waals surface area contributed by atoms with Crippen LogP contribution in [0.2, 0.25) is 0 Å². The summed E-state index contributed by atoms with van der Waals surface area (Å²) < 4.78 is 4.34. The molecule has 0 saturated heterocycles. The standard InChI is InChI=1S/C20H20N4S.2ClH.Fe/c1-13-7-5-8-14(2)19(13)21-11-17-23-18(25-24-17)12-22-20-15(3)9-6-10-16(20)4;;;/h5-12H,1-4H3;2*1H;/q;;;+2/p-2. The van der Waals surface area contributed by atoms with E-state index in [2.05, 4.69) is 71.3 Å². The van der Waals surface area contributed by atoms with Crippen molar-refractivity contribution >= 4 is 55.5 Å². The number of hydrogen-bond donors (Lipinski definition) is 0. The number of halogens is 2. The SMILES string of the molecule is Cc1cccc(C)c1N=Cc1nsc(C=Nc2c(C)cccc2C)n1.[Cl][Fe][Cl]. The molecular formula is C20H20Cl2FeN4S. The second-order valence-electron chi connectivity index (χ2n) is 6.04. The number of nitrogens with zero attached hydrogens (tertiary/aromatic N) is 4. The van der Waals surface area contributed by atoms with Crippen molar-refractivity contribution in [2.75, 3.05) is 0 Å². The molecule has 0 spiro atoms. The predicted octanol–water partition coefficient (Wildman–Crippen LogP) is 6.65. The molecule has 1 heterocycles. The van der Waals surface area contributed by atoms with Gasteiger partial charge in [0, 0.05) is 0 Å². The second-order valence-corrected chi connectivity index (χ2v) is 8.65. The molecule has 0 aliphatic heterocycles. The Bertz CT molecular complexity index is 870. The molecule has 0 aliphatic carbocycles. The van der Waals surface area contributed by atoms with Gasteiger partial charge in [0.15, 0.2) is 10.8 Å². The van der Waals surface area contributed by atoms with Gasteiger partial charge in [0.2, 0.25) is 0 Å². The topological polar surface area (TPSA) is 50.5 Å². The molecule has 3 rings (SSSR count). The molecule has 0 saturated carbocycles. The Balaban J connectivity index is 0.000000878. The maximum absolute atomic E-state index is 4.76. The Hall–Kier alpha value is -1.56. The summed E-state index contributed by atoms with van der Waals surface area (Å²) in [5.41, 5.74) is 6.55. The zero-order valence-electron chi connectivity index (χ0n) is 15.9. The number of rotatable bonds is 4. The Morgan fingerprint density at radius 2 is 1.25 bits per heavy atom. The molecule has 0 bridgehead atoms. The van der Waals surface area contributed by atoms with Crippen molar-refractivity contribution in [2.45, 2.75) is 27.7 Å². The van der Waals surface area contributed by atoms with Gasteiger partial charge in [-0.2, -0.15) is 4.37 Å². The van der Waals surface area contributed by atoms with E-state index in [4.69, 9.17) is 20.2 Å². The first-order chi connectivity index (χ1) is 13.5. The fraction of sp³-hybridized carbons (Fsp3) is 0.200. The summed E-state index contributed by atoms with van der Waals surface area (Å²) >= 11 is 1.52. The van der Waals surface area contributed by atoms with E-state index >= 15 is 0 Å². The molecule has 148 valence electrons. The van der Waals surface area contributed by atoms with Crippen LogP contribution in [0.1, 0.15) is 33.1 Å². The minimum atomic E-state index is 0.194. The van der Waals surface area contributed by atoms with E-state index in [0.29, 0.717) is 5.82 Å². The number of aromatic nitrogens is 2. The van der Waals surface area contributed by atoms with E-state index in [1.807, 2.05) is 12.1 Å². The van der Waals surface area contributed by atoms with Crippen LogP contribution in [0.15, 0.2) is 46.4 Å². The predicted molar refractivity (Wildman–Crippen MR) is 118 cm³/mol. The molecule has 0 atom stereocenters. The third-order valence-corrected chi connectivity index (χ3v) is 4.61. The van der Waals surface area contributed by atoms with Crippen molar-refractivity contribution in [3.8, 4) is 0 Å². The second kappa shape index (κ2) is 11.4. The summed E-state index contributed by atoms with van der Waals surface area (Å²) in [4.78, 5) is 13.6. The van der Waals surface area contributed by atoms with Crippen LogP contribution in [-0.2, 0) is 13.1 Å². The molecule has 0 N–H and O–H groups in total. The fourth-order valence-corrected chi connectivity index (χ4v) is 3.12. The van der Waals surface area contributed by atoms with E-state index in [1.54, 1.807) is 12.4 Å². The Labute approximate surface area is 184 Å². The molecule has 1 aromatic heterocycles. The Morgan fingerprint density at radius 3 is 1.71 bits per heavy atom. The van der Waals surface area contributed by atoms with Crippen molar-refractivity contribution in [2.24, 2.45) is 9.98 Å². The number of para-hydroxylation sites is 2. The molecule has 0 aliphatic rings. The summed E-state index contributed by atoms with van der Waals surface area (Å²) in [6, 6.07) is 12.3. The van der Waals surface area contributed by atoms with Crippen LogP contribution < -0.4 is 0 Å². The zero-order valence-corrected chi connectivity index (χ0v) is 19.4.